The van der Waals surface area contributed by atoms with Crippen LogP contribution >= 0.6 is 34.8 Å². The minimum Gasteiger partial charge on any atom is -0.352 e. The number of carbonyl (C=O) groups is 3. The molecule has 1 aromatic carbocycles. The maximum absolute atomic E-state index is 12.3. The third-order valence-electron chi connectivity index (χ3n) is 3.65. The third-order valence-corrected chi connectivity index (χ3v) is 4.16. The first-order valence-corrected chi connectivity index (χ1v) is 9.37. The molecule has 0 saturated carbocycles. The highest BCUT2D eigenvalue weighted by Gasteiger charge is 2.31. The number of rotatable bonds is 8. The molecule has 0 aliphatic rings. The Balaban J connectivity index is 2.60. The van der Waals surface area contributed by atoms with Crippen LogP contribution in [0.4, 0.5) is 5.69 Å². The average molecular weight is 423 g/mol. The molecule has 26 heavy (non-hydrogen) atoms. The third kappa shape index (κ3) is 7.02. The lowest BCUT2D eigenvalue weighted by Crippen LogP contribution is -2.32. The fraction of sp³-hybridized carbons (Fsp3) is 0.471. The number of para-hydroxylation sites is 1. The molecule has 0 saturated heterocycles. The van der Waals surface area contributed by atoms with Gasteiger partial charge in [-0.15, -0.1) is 0 Å². The SMILES string of the molecule is CCN(CC)C(=O)CCCNC(=O)c1ccccc1NC(=O)C(Cl)(Cl)Cl. The maximum atomic E-state index is 12.3. The van der Waals surface area contributed by atoms with Gasteiger partial charge in [0.05, 0.1) is 11.3 Å². The van der Waals surface area contributed by atoms with Crippen LogP contribution < -0.4 is 10.6 Å². The number of benzene rings is 1. The lowest BCUT2D eigenvalue weighted by atomic mass is 10.1. The Morgan fingerprint density at radius 1 is 1.08 bits per heavy atom. The molecule has 0 bridgehead atoms. The number of hydrogen-bond acceptors (Lipinski definition) is 3. The van der Waals surface area contributed by atoms with E-state index in [2.05, 4.69) is 10.6 Å². The highest BCUT2D eigenvalue weighted by Crippen LogP contribution is 2.28. The van der Waals surface area contributed by atoms with Crippen LogP contribution in [-0.4, -0.2) is 46.0 Å². The van der Waals surface area contributed by atoms with E-state index in [4.69, 9.17) is 34.8 Å². The van der Waals surface area contributed by atoms with Gasteiger partial charge < -0.3 is 15.5 Å². The molecule has 0 radical (unpaired) electrons. The average Bonchev–Trinajstić information content (AvgIpc) is 2.59. The number of hydrogen-bond donors (Lipinski definition) is 2. The Bertz CT molecular complexity index is 644. The van der Waals surface area contributed by atoms with Crippen molar-refractivity contribution in [2.45, 2.75) is 30.5 Å². The Morgan fingerprint density at radius 2 is 1.69 bits per heavy atom. The monoisotopic (exact) mass is 421 g/mol. The fourth-order valence-corrected chi connectivity index (χ4v) is 2.40. The second-order valence-electron chi connectivity index (χ2n) is 5.42. The van der Waals surface area contributed by atoms with Crippen LogP contribution in [-0.2, 0) is 9.59 Å². The zero-order chi connectivity index (χ0) is 19.7. The van der Waals surface area contributed by atoms with Gasteiger partial charge in [0.1, 0.15) is 0 Å². The number of amides is 3. The van der Waals surface area contributed by atoms with Gasteiger partial charge in [0.15, 0.2) is 0 Å². The van der Waals surface area contributed by atoms with E-state index in [0.717, 1.165) is 0 Å². The molecule has 0 spiro atoms. The summed E-state index contributed by atoms with van der Waals surface area (Å²) < 4.78 is -2.13. The normalized spacial score (nSPS) is 11.0. The number of carbonyl (C=O) groups excluding carboxylic acids is 3. The topological polar surface area (TPSA) is 78.5 Å². The molecular formula is C17H22Cl3N3O3. The Morgan fingerprint density at radius 3 is 2.27 bits per heavy atom. The summed E-state index contributed by atoms with van der Waals surface area (Å²) >= 11 is 16.6. The fourth-order valence-electron chi connectivity index (χ4n) is 2.25. The van der Waals surface area contributed by atoms with Crippen molar-refractivity contribution in [2.75, 3.05) is 25.0 Å². The van der Waals surface area contributed by atoms with Gasteiger partial charge in [-0.1, -0.05) is 46.9 Å². The summed E-state index contributed by atoms with van der Waals surface area (Å²) in [6.45, 7) is 5.51. The van der Waals surface area contributed by atoms with E-state index >= 15 is 0 Å². The molecule has 6 nitrogen and oxygen atoms in total. The van der Waals surface area contributed by atoms with E-state index in [1.165, 1.54) is 6.07 Å². The van der Waals surface area contributed by atoms with Gasteiger partial charge in [-0.05, 0) is 32.4 Å². The van der Waals surface area contributed by atoms with Crippen LogP contribution in [0, 0.1) is 0 Å². The molecule has 0 unspecified atom stereocenters. The highest BCUT2D eigenvalue weighted by molar-refractivity contribution is 6.76. The van der Waals surface area contributed by atoms with Gasteiger partial charge in [-0.25, -0.2) is 0 Å². The van der Waals surface area contributed by atoms with Crippen LogP contribution in [0.25, 0.3) is 0 Å². The smallest absolute Gasteiger partial charge is 0.276 e. The number of halogens is 3. The summed E-state index contributed by atoms with van der Waals surface area (Å²) in [5, 5.41) is 5.14. The summed E-state index contributed by atoms with van der Waals surface area (Å²) in [5.74, 6) is -1.19. The Hall–Kier alpha value is -1.50. The quantitative estimate of drug-likeness (QED) is 0.498. The molecule has 0 aliphatic carbocycles. The Kier molecular flexibility index (Phi) is 9.19. The van der Waals surface area contributed by atoms with Crippen LogP contribution in [0.15, 0.2) is 24.3 Å². The number of anilines is 1. The van der Waals surface area contributed by atoms with Crippen molar-refractivity contribution < 1.29 is 14.4 Å². The van der Waals surface area contributed by atoms with Gasteiger partial charge in [-0.2, -0.15) is 0 Å². The number of nitrogens with one attached hydrogen (secondary N) is 2. The predicted molar refractivity (Wildman–Crippen MR) is 105 cm³/mol. The van der Waals surface area contributed by atoms with Crippen molar-refractivity contribution in [3.05, 3.63) is 29.8 Å². The molecule has 1 rings (SSSR count). The second-order valence-corrected chi connectivity index (χ2v) is 7.70. The van der Waals surface area contributed by atoms with Crippen molar-refractivity contribution >= 4 is 58.2 Å². The van der Waals surface area contributed by atoms with Crippen molar-refractivity contribution in [3.8, 4) is 0 Å². The van der Waals surface area contributed by atoms with Crippen molar-refractivity contribution in [1.82, 2.24) is 10.2 Å². The second kappa shape index (κ2) is 10.6. The summed E-state index contributed by atoms with van der Waals surface area (Å²) in [6, 6.07) is 6.38. The van der Waals surface area contributed by atoms with E-state index in [9.17, 15) is 14.4 Å². The molecule has 0 aromatic heterocycles. The largest absolute Gasteiger partial charge is 0.352 e. The zero-order valence-electron chi connectivity index (χ0n) is 14.7. The molecule has 3 amide bonds. The Labute approximate surface area is 168 Å². The summed E-state index contributed by atoms with van der Waals surface area (Å²) in [5.41, 5.74) is 0.478. The molecule has 2 N–H and O–H groups in total. The van der Waals surface area contributed by atoms with Crippen molar-refractivity contribution in [3.63, 3.8) is 0 Å². The van der Waals surface area contributed by atoms with E-state index in [-0.39, 0.29) is 23.1 Å². The summed E-state index contributed by atoms with van der Waals surface area (Å²) in [4.78, 5) is 37.8. The number of alkyl halides is 3. The lowest BCUT2D eigenvalue weighted by molar-refractivity contribution is -0.130. The van der Waals surface area contributed by atoms with Crippen molar-refractivity contribution in [1.29, 1.82) is 0 Å². The van der Waals surface area contributed by atoms with Crippen LogP contribution in [0.1, 0.15) is 37.0 Å². The van der Waals surface area contributed by atoms with Crippen LogP contribution in [0.5, 0.6) is 0 Å². The first-order valence-electron chi connectivity index (χ1n) is 8.23. The van der Waals surface area contributed by atoms with Gasteiger partial charge in [-0.3, -0.25) is 14.4 Å². The molecule has 0 atom stereocenters. The van der Waals surface area contributed by atoms with E-state index in [1.807, 2.05) is 13.8 Å². The summed E-state index contributed by atoms with van der Waals surface area (Å²) in [6.07, 6.45) is 0.872. The minimum atomic E-state index is -2.13. The van der Waals surface area contributed by atoms with Gasteiger partial charge in [0.25, 0.3) is 15.6 Å². The minimum absolute atomic E-state index is 0.0552. The number of nitrogens with zero attached hydrogens (tertiary/aromatic N) is 1. The van der Waals surface area contributed by atoms with Gasteiger partial charge in [0, 0.05) is 26.1 Å². The first kappa shape index (κ1) is 22.5. The molecular weight excluding hydrogens is 401 g/mol. The first-order chi connectivity index (χ1) is 12.2. The van der Waals surface area contributed by atoms with Gasteiger partial charge >= 0.3 is 0 Å². The summed E-state index contributed by atoms with van der Waals surface area (Å²) in [7, 11) is 0. The van der Waals surface area contributed by atoms with E-state index in [0.29, 0.717) is 32.5 Å². The van der Waals surface area contributed by atoms with Crippen molar-refractivity contribution in [2.24, 2.45) is 0 Å². The van der Waals surface area contributed by atoms with Crippen LogP contribution in [0.3, 0.4) is 0 Å². The predicted octanol–water partition coefficient (Wildman–Crippen LogP) is 3.37. The molecule has 0 fully saturated rings. The highest BCUT2D eigenvalue weighted by atomic mass is 35.6. The standard InChI is InChI=1S/C17H22Cl3N3O3/c1-3-23(4-2)14(24)10-7-11-21-15(25)12-8-5-6-9-13(12)22-16(26)17(18,19)20/h5-6,8-9H,3-4,7,10-11H2,1-2H3,(H,21,25)(H,22,26). The lowest BCUT2D eigenvalue weighted by Gasteiger charge is -2.18. The molecule has 0 heterocycles. The molecule has 9 heteroatoms. The van der Waals surface area contributed by atoms with Crippen LogP contribution in [0.2, 0.25) is 0 Å². The van der Waals surface area contributed by atoms with E-state index in [1.54, 1.807) is 23.1 Å². The molecule has 144 valence electrons. The molecule has 1 aromatic rings. The van der Waals surface area contributed by atoms with E-state index < -0.39 is 9.70 Å². The van der Waals surface area contributed by atoms with Gasteiger partial charge in [0.2, 0.25) is 5.91 Å². The maximum Gasteiger partial charge on any atom is 0.276 e. The molecule has 0 aliphatic heterocycles. The zero-order valence-corrected chi connectivity index (χ0v) is 16.9.